The number of nitrogens with one attached hydrogen (secondary N) is 1. The van der Waals surface area contributed by atoms with E-state index in [9.17, 15) is 14.7 Å². The van der Waals surface area contributed by atoms with Crippen molar-refractivity contribution >= 4 is 23.2 Å². The van der Waals surface area contributed by atoms with Crippen LogP contribution in [0.3, 0.4) is 0 Å². The average Bonchev–Trinajstić information content (AvgIpc) is 2.36. The van der Waals surface area contributed by atoms with Gasteiger partial charge < -0.3 is 5.11 Å². The van der Waals surface area contributed by atoms with Crippen LogP contribution in [0.15, 0.2) is 27.8 Å². The molecule has 1 aromatic carbocycles. The molecule has 0 bridgehead atoms. The molecular weight excluding hydrogens is 303 g/mol. The van der Waals surface area contributed by atoms with Gasteiger partial charge in [0.15, 0.2) is 0 Å². The molecule has 0 aliphatic heterocycles. The Kier molecular flexibility index (Phi) is 3.92. The van der Waals surface area contributed by atoms with E-state index in [0.717, 1.165) is 4.57 Å². The molecule has 2 N–H and O–H groups in total. The highest BCUT2D eigenvalue weighted by atomic mass is 35.5. The molecule has 106 valence electrons. The predicted octanol–water partition coefficient (Wildman–Crippen LogP) is 2.47. The van der Waals surface area contributed by atoms with Gasteiger partial charge in [0.2, 0.25) is 5.88 Å². The monoisotopic (exact) mass is 314 g/mol. The minimum absolute atomic E-state index is 0.0709. The summed E-state index contributed by atoms with van der Waals surface area (Å²) in [6.07, 6.45) is 0. The van der Waals surface area contributed by atoms with Gasteiger partial charge in [0.1, 0.15) is 0 Å². The fourth-order valence-corrected chi connectivity index (χ4v) is 2.53. The summed E-state index contributed by atoms with van der Waals surface area (Å²) in [5.74, 6) is -0.378. The maximum atomic E-state index is 11.9. The molecule has 0 spiro atoms. The van der Waals surface area contributed by atoms with Crippen LogP contribution >= 0.6 is 23.2 Å². The van der Waals surface area contributed by atoms with Gasteiger partial charge in [-0.05, 0) is 31.5 Å². The third-order valence-electron chi connectivity index (χ3n) is 3.14. The zero-order valence-electron chi connectivity index (χ0n) is 10.8. The molecule has 0 saturated heterocycles. The summed E-state index contributed by atoms with van der Waals surface area (Å²) in [5, 5.41) is 10.9. The number of halogens is 2. The molecule has 2 rings (SSSR count). The molecule has 0 radical (unpaired) electrons. The highest BCUT2D eigenvalue weighted by Crippen LogP contribution is 2.29. The molecule has 5 nitrogen and oxygen atoms in total. The van der Waals surface area contributed by atoms with Crippen LogP contribution in [-0.4, -0.2) is 14.7 Å². The normalized spacial score (nSPS) is 12.4. The van der Waals surface area contributed by atoms with Crippen LogP contribution in [-0.2, 0) is 0 Å². The van der Waals surface area contributed by atoms with E-state index in [-0.39, 0.29) is 11.4 Å². The number of H-pyrrole nitrogens is 1. The van der Waals surface area contributed by atoms with Crippen molar-refractivity contribution in [1.82, 2.24) is 9.55 Å². The lowest BCUT2D eigenvalue weighted by molar-refractivity contribution is 0.384. The molecule has 0 aliphatic carbocycles. The first-order valence-corrected chi connectivity index (χ1v) is 6.58. The second-order valence-corrected chi connectivity index (χ2v) is 5.26. The number of aromatic amines is 1. The van der Waals surface area contributed by atoms with E-state index < -0.39 is 17.3 Å². The van der Waals surface area contributed by atoms with Crippen LogP contribution in [0.4, 0.5) is 0 Å². The van der Waals surface area contributed by atoms with Crippen molar-refractivity contribution < 1.29 is 5.11 Å². The minimum atomic E-state index is -0.698. The Balaban J connectivity index is 2.65. The molecular formula is C13H12Cl2N2O3. The lowest BCUT2D eigenvalue weighted by Crippen LogP contribution is -2.33. The summed E-state index contributed by atoms with van der Waals surface area (Å²) in [7, 11) is 0. The van der Waals surface area contributed by atoms with Gasteiger partial charge in [-0.25, -0.2) is 4.79 Å². The molecule has 0 saturated carbocycles. The smallest absolute Gasteiger partial charge is 0.331 e. The summed E-state index contributed by atoms with van der Waals surface area (Å²) < 4.78 is 1.08. The van der Waals surface area contributed by atoms with E-state index >= 15 is 0 Å². The molecule has 0 fully saturated rings. The largest absolute Gasteiger partial charge is 0.494 e. The van der Waals surface area contributed by atoms with E-state index in [4.69, 9.17) is 23.2 Å². The predicted molar refractivity (Wildman–Crippen MR) is 78.0 cm³/mol. The lowest BCUT2D eigenvalue weighted by atomic mass is 10.1. The van der Waals surface area contributed by atoms with Gasteiger partial charge in [-0.3, -0.25) is 14.3 Å². The first kappa shape index (κ1) is 14.7. The molecule has 1 heterocycles. The van der Waals surface area contributed by atoms with Crippen molar-refractivity contribution in [2.75, 3.05) is 0 Å². The number of aromatic nitrogens is 2. The van der Waals surface area contributed by atoms with Crippen LogP contribution in [0.1, 0.15) is 24.1 Å². The molecule has 2 aromatic rings. The number of aromatic hydroxyl groups is 1. The molecule has 1 unspecified atom stereocenters. The Morgan fingerprint density at radius 2 is 1.95 bits per heavy atom. The van der Waals surface area contributed by atoms with Gasteiger partial charge in [0.05, 0.1) is 11.6 Å². The highest BCUT2D eigenvalue weighted by Gasteiger charge is 2.19. The van der Waals surface area contributed by atoms with Crippen molar-refractivity contribution in [3.05, 3.63) is 60.2 Å². The number of nitrogens with zero attached hydrogens (tertiary/aromatic N) is 1. The second kappa shape index (κ2) is 5.34. The van der Waals surface area contributed by atoms with Gasteiger partial charge in [0.25, 0.3) is 5.56 Å². The topological polar surface area (TPSA) is 75.1 Å². The van der Waals surface area contributed by atoms with E-state index in [0.29, 0.717) is 15.6 Å². The van der Waals surface area contributed by atoms with Crippen LogP contribution in [0.2, 0.25) is 10.0 Å². The molecule has 7 heteroatoms. The summed E-state index contributed by atoms with van der Waals surface area (Å²) in [6.45, 7) is 3.12. The van der Waals surface area contributed by atoms with Crippen molar-refractivity contribution in [2.24, 2.45) is 0 Å². The fourth-order valence-electron chi connectivity index (χ4n) is 1.97. The van der Waals surface area contributed by atoms with E-state index in [1.807, 2.05) is 0 Å². The first-order chi connectivity index (χ1) is 9.32. The maximum absolute atomic E-state index is 11.9. The van der Waals surface area contributed by atoms with Crippen molar-refractivity contribution in [3.8, 4) is 5.88 Å². The molecule has 1 aromatic heterocycles. The first-order valence-electron chi connectivity index (χ1n) is 5.82. The van der Waals surface area contributed by atoms with Crippen LogP contribution in [0.25, 0.3) is 0 Å². The number of hydrogen-bond acceptors (Lipinski definition) is 3. The van der Waals surface area contributed by atoms with Gasteiger partial charge in [-0.2, -0.15) is 0 Å². The van der Waals surface area contributed by atoms with Crippen molar-refractivity contribution in [3.63, 3.8) is 0 Å². The maximum Gasteiger partial charge on any atom is 0.331 e. The Labute approximate surface area is 124 Å². The number of hydrogen-bond donors (Lipinski definition) is 2. The van der Waals surface area contributed by atoms with E-state index in [1.165, 1.54) is 6.92 Å². The zero-order valence-corrected chi connectivity index (χ0v) is 12.3. The van der Waals surface area contributed by atoms with Gasteiger partial charge >= 0.3 is 5.69 Å². The SMILES string of the molecule is Cc1c(O)n(C(C)c2ccc(Cl)cc2Cl)c(=O)[nH]c1=O. The molecule has 0 amide bonds. The summed E-state index contributed by atoms with van der Waals surface area (Å²) in [5.41, 5.74) is -0.628. The van der Waals surface area contributed by atoms with E-state index in [2.05, 4.69) is 4.98 Å². The highest BCUT2D eigenvalue weighted by molar-refractivity contribution is 6.35. The number of rotatable bonds is 2. The van der Waals surface area contributed by atoms with Crippen LogP contribution in [0.5, 0.6) is 5.88 Å². The van der Waals surface area contributed by atoms with E-state index in [1.54, 1.807) is 25.1 Å². The molecule has 1 atom stereocenters. The number of benzene rings is 1. The molecule has 20 heavy (non-hydrogen) atoms. The van der Waals surface area contributed by atoms with Gasteiger partial charge in [0, 0.05) is 10.0 Å². The van der Waals surface area contributed by atoms with Gasteiger partial charge in [-0.15, -0.1) is 0 Å². The van der Waals surface area contributed by atoms with Crippen molar-refractivity contribution in [1.29, 1.82) is 0 Å². The van der Waals surface area contributed by atoms with Crippen LogP contribution in [0, 0.1) is 6.92 Å². The fraction of sp³-hybridized carbons (Fsp3) is 0.231. The Morgan fingerprint density at radius 3 is 2.55 bits per heavy atom. The van der Waals surface area contributed by atoms with Crippen LogP contribution < -0.4 is 11.2 Å². The standard InChI is InChI=1S/C13H12Cl2N2O3/c1-6-11(18)16-13(20)17(12(6)19)7(2)9-4-3-8(14)5-10(9)15/h3-5,7,19H,1-2H3,(H,16,18,20). The minimum Gasteiger partial charge on any atom is -0.494 e. The average molecular weight is 315 g/mol. The second-order valence-electron chi connectivity index (χ2n) is 4.42. The lowest BCUT2D eigenvalue weighted by Gasteiger charge is -2.18. The third-order valence-corrected chi connectivity index (χ3v) is 3.71. The summed E-state index contributed by atoms with van der Waals surface area (Å²) >= 11 is 11.9. The Morgan fingerprint density at radius 1 is 1.30 bits per heavy atom. The molecule has 0 aliphatic rings. The Hall–Kier alpha value is -1.72. The quantitative estimate of drug-likeness (QED) is 0.894. The summed E-state index contributed by atoms with van der Waals surface area (Å²) in [6, 6.07) is 4.31. The summed E-state index contributed by atoms with van der Waals surface area (Å²) in [4.78, 5) is 25.4. The zero-order chi connectivity index (χ0) is 15.0. The van der Waals surface area contributed by atoms with Crippen molar-refractivity contribution in [2.45, 2.75) is 19.9 Å². The van der Waals surface area contributed by atoms with Gasteiger partial charge in [-0.1, -0.05) is 29.3 Å². The Bertz CT molecular complexity index is 780. The third kappa shape index (κ3) is 2.46.